The second kappa shape index (κ2) is 5.43. The molecule has 0 aromatic heterocycles. The summed E-state index contributed by atoms with van der Waals surface area (Å²) in [4.78, 5) is 10.8. The highest BCUT2D eigenvalue weighted by molar-refractivity contribution is 7.86. The minimum atomic E-state index is -5.79. The molecule has 0 radical (unpaired) electrons. The molecule has 0 aliphatic carbocycles. The Morgan fingerprint density at radius 1 is 1.50 bits per heavy atom. The molecule has 1 aliphatic heterocycles. The molecule has 18 heavy (non-hydrogen) atoms. The summed E-state index contributed by atoms with van der Waals surface area (Å²) in [6, 6.07) is 0. The van der Waals surface area contributed by atoms with E-state index in [1.54, 1.807) is 0 Å². The van der Waals surface area contributed by atoms with Gasteiger partial charge in [0.2, 0.25) is 6.29 Å². The molecule has 2 N–H and O–H groups in total. The number of aliphatic hydroxyl groups excluding tert-OH is 1. The van der Waals surface area contributed by atoms with E-state index in [2.05, 4.69) is 9.47 Å². The van der Waals surface area contributed by atoms with E-state index in [0.29, 0.717) is 6.42 Å². The fraction of sp³-hybridized carbons (Fsp3) is 0.875. The molecule has 106 valence electrons. The zero-order valence-corrected chi connectivity index (χ0v) is 9.90. The van der Waals surface area contributed by atoms with Crippen LogP contribution in [-0.2, 0) is 24.4 Å². The summed E-state index contributed by atoms with van der Waals surface area (Å²) in [7, 11) is -5.79. The van der Waals surface area contributed by atoms with Gasteiger partial charge in [-0.3, -0.25) is 9.35 Å². The Morgan fingerprint density at radius 2 is 2.11 bits per heavy atom. The SMILES string of the molecule is O=C1CCC[C@H](OC(O)C(F)(F)S(=O)(=O)O)CO1. The fourth-order valence-electron chi connectivity index (χ4n) is 1.31. The Balaban J connectivity index is 2.64. The second-order valence-electron chi connectivity index (χ2n) is 3.72. The second-order valence-corrected chi connectivity index (χ2v) is 5.22. The first-order valence-corrected chi connectivity index (χ1v) is 6.42. The first-order chi connectivity index (χ1) is 8.14. The number of cyclic esters (lactones) is 1. The molecule has 2 atom stereocenters. The van der Waals surface area contributed by atoms with Crippen LogP contribution in [0.15, 0.2) is 0 Å². The predicted molar refractivity (Wildman–Crippen MR) is 52.2 cm³/mol. The molecular weight excluding hydrogens is 278 g/mol. The van der Waals surface area contributed by atoms with Gasteiger partial charge >= 0.3 is 21.3 Å². The number of carbonyl (C=O) groups excluding carboxylic acids is 1. The van der Waals surface area contributed by atoms with Crippen LogP contribution in [0.5, 0.6) is 0 Å². The summed E-state index contributed by atoms with van der Waals surface area (Å²) in [5.41, 5.74) is 0. The maximum atomic E-state index is 12.9. The van der Waals surface area contributed by atoms with E-state index in [1.165, 1.54) is 0 Å². The predicted octanol–water partition coefficient (Wildman–Crippen LogP) is -0.102. The number of halogens is 2. The topological polar surface area (TPSA) is 110 Å². The average Bonchev–Trinajstić information content (AvgIpc) is 2.42. The molecule has 0 spiro atoms. The van der Waals surface area contributed by atoms with Crippen molar-refractivity contribution in [2.75, 3.05) is 6.61 Å². The Bertz CT molecular complexity index is 408. The highest BCUT2D eigenvalue weighted by Gasteiger charge is 2.53. The number of hydrogen-bond acceptors (Lipinski definition) is 6. The summed E-state index contributed by atoms with van der Waals surface area (Å²) in [6.45, 7) is -0.364. The molecule has 0 saturated carbocycles. The lowest BCUT2D eigenvalue weighted by atomic mass is 10.2. The number of ether oxygens (including phenoxy) is 2. The molecule has 1 saturated heterocycles. The fourth-order valence-corrected chi connectivity index (χ4v) is 1.62. The standard InChI is InChI=1S/C8H12F2O7S/c9-8(10,18(13,14)15)7(12)17-5-2-1-3-6(11)16-4-5/h5,7,12H,1-4H2,(H,13,14,15)/t5-,7?/m0/s1. The lowest BCUT2D eigenvalue weighted by Gasteiger charge is -2.23. The highest BCUT2D eigenvalue weighted by Crippen LogP contribution is 2.27. The van der Waals surface area contributed by atoms with Crippen molar-refractivity contribution >= 4 is 16.1 Å². The average molecular weight is 290 g/mol. The Kier molecular flexibility index (Phi) is 4.59. The van der Waals surface area contributed by atoms with Gasteiger partial charge in [0.15, 0.2) is 0 Å². The quantitative estimate of drug-likeness (QED) is 0.422. The van der Waals surface area contributed by atoms with Crippen LogP contribution in [0, 0.1) is 0 Å². The summed E-state index contributed by atoms with van der Waals surface area (Å²) in [6.07, 6.45) is -3.56. The van der Waals surface area contributed by atoms with Gasteiger partial charge in [0.1, 0.15) is 6.61 Å². The van der Waals surface area contributed by atoms with Crippen molar-refractivity contribution in [2.24, 2.45) is 0 Å². The zero-order chi connectivity index (χ0) is 14.0. The largest absolute Gasteiger partial charge is 0.463 e. The van der Waals surface area contributed by atoms with Crippen molar-refractivity contribution in [3.05, 3.63) is 0 Å². The molecule has 1 aliphatic rings. The van der Waals surface area contributed by atoms with Gasteiger partial charge in [-0.05, 0) is 12.8 Å². The van der Waals surface area contributed by atoms with Crippen LogP contribution in [0.1, 0.15) is 19.3 Å². The number of alkyl halides is 2. The van der Waals surface area contributed by atoms with E-state index < -0.39 is 33.7 Å². The van der Waals surface area contributed by atoms with E-state index in [9.17, 15) is 22.0 Å². The molecule has 0 aromatic rings. The molecular formula is C8H12F2O7S. The van der Waals surface area contributed by atoms with Crippen molar-refractivity contribution in [2.45, 2.75) is 36.9 Å². The lowest BCUT2D eigenvalue weighted by molar-refractivity contribution is -0.225. The third kappa shape index (κ3) is 3.57. The van der Waals surface area contributed by atoms with Crippen molar-refractivity contribution in [3.63, 3.8) is 0 Å². The molecule has 10 heteroatoms. The van der Waals surface area contributed by atoms with E-state index in [0.717, 1.165) is 0 Å². The highest BCUT2D eigenvalue weighted by atomic mass is 32.2. The maximum Gasteiger partial charge on any atom is 0.418 e. The van der Waals surface area contributed by atoms with Gasteiger partial charge < -0.3 is 14.6 Å². The number of hydrogen-bond donors (Lipinski definition) is 2. The van der Waals surface area contributed by atoms with E-state index in [4.69, 9.17) is 9.66 Å². The molecule has 1 fully saturated rings. The Hall–Kier alpha value is -0.840. The van der Waals surface area contributed by atoms with Crippen molar-refractivity contribution in [1.29, 1.82) is 0 Å². The summed E-state index contributed by atoms with van der Waals surface area (Å²) in [5, 5.41) is 4.13. The lowest BCUT2D eigenvalue weighted by Crippen LogP contribution is -2.45. The smallest absolute Gasteiger partial charge is 0.418 e. The van der Waals surface area contributed by atoms with Crippen molar-refractivity contribution in [1.82, 2.24) is 0 Å². The van der Waals surface area contributed by atoms with Gasteiger partial charge in [0, 0.05) is 6.42 Å². The van der Waals surface area contributed by atoms with Crippen LogP contribution >= 0.6 is 0 Å². The maximum absolute atomic E-state index is 12.9. The van der Waals surface area contributed by atoms with E-state index >= 15 is 0 Å². The van der Waals surface area contributed by atoms with Gasteiger partial charge in [-0.25, -0.2) is 0 Å². The van der Waals surface area contributed by atoms with Gasteiger partial charge in [0.05, 0.1) is 6.10 Å². The molecule has 1 rings (SSSR count). The first-order valence-electron chi connectivity index (χ1n) is 4.98. The number of carbonyl (C=O) groups is 1. The van der Waals surface area contributed by atoms with Crippen LogP contribution in [-0.4, -0.2) is 48.3 Å². The third-order valence-electron chi connectivity index (χ3n) is 2.29. The summed E-state index contributed by atoms with van der Waals surface area (Å²) >= 11 is 0. The van der Waals surface area contributed by atoms with E-state index in [-0.39, 0.29) is 19.4 Å². The molecule has 7 nitrogen and oxygen atoms in total. The van der Waals surface area contributed by atoms with Crippen LogP contribution in [0.2, 0.25) is 0 Å². The minimum Gasteiger partial charge on any atom is -0.463 e. The monoisotopic (exact) mass is 290 g/mol. The van der Waals surface area contributed by atoms with Gasteiger partial charge in [-0.1, -0.05) is 0 Å². The first kappa shape index (κ1) is 15.2. The van der Waals surface area contributed by atoms with Crippen molar-refractivity contribution in [3.8, 4) is 0 Å². The molecule has 1 heterocycles. The molecule has 1 unspecified atom stereocenters. The summed E-state index contributed by atoms with van der Waals surface area (Å²) < 4.78 is 63.8. The van der Waals surface area contributed by atoms with Gasteiger partial charge in [0.25, 0.3) is 0 Å². The number of esters is 1. The zero-order valence-electron chi connectivity index (χ0n) is 9.08. The minimum absolute atomic E-state index is 0.0879. The summed E-state index contributed by atoms with van der Waals surface area (Å²) in [5.74, 6) is -0.530. The van der Waals surface area contributed by atoms with E-state index in [1.807, 2.05) is 0 Å². The molecule has 0 bridgehead atoms. The molecule has 0 aromatic carbocycles. The molecule has 0 amide bonds. The van der Waals surface area contributed by atoms with Gasteiger partial charge in [-0.2, -0.15) is 17.2 Å². The van der Waals surface area contributed by atoms with Gasteiger partial charge in [-0.15, -0.1) is 0 Å². The Labute approximate surface area is 101 Å². The van der Waals surface area contributed by atoms with Crippen LogP contribution in [0.4, 0.5) is 8.78 Å². The number of aliphatic hydroxyl groups is 1. The van der Waals surface area contributed by atoms with Crippen LogP contribution in [0.3, 0.4) is 0 Å². The Morgan fingerprint density at radius 3 is 2.67 bits per heavy atom. The van der Waals surface area contributed by atoms with Crippen LogP contribution < -0.4 is 0 Å². The third-order valence-corrected chi connectivity index (χ3v) is 3.18. The normalized spacial score (nSPS) is 24.2. The number of rotatable bonds is 4. The van der Waals surface area contributed by atoms with Crippen LogP contribution in [0.25, 0.3) is 0 Å². The van der Waals surface area contributed by atoms with Crippen molar-refractivity contribution < 1.29 is 41.1 Å².